The molecule has 1 aromatic rings. The molecule has 1 fully saturated rings. The fourth-order valence-corrected chi connectivity index (χ4v) is 5.21. The molecular weight excluding hydrogens is 286 g/mol. The van der Waals surface area contributed by atoms with Crippen LogP contribution in [0.3, 0.4) is 0 Å². The van der Waals surface area contributed by atoms with E-state index in [-0.39, 0.29) is 21.6 Å². The Morgan fingerprint density at radius 3 is 2.63 bits per heavy atom. The minimum absolute atomic E-state index is 0.0461. The van der Waals surface area contributed by atoms with Gasteiger partial charge in [0.15, 0.2) is 9.84 Å². The van der Waals surface area contributed by atoms with E-state index >= 15 is 0 Å². The summed E-state index contributed by atoms with van der Waals surface area (Å²) in [5.41, 5.74) is 0.616. The summed E-state index contributed by atoms with van der Waals surface area (Å²) in [5.74, 6) is 0.145. The zero-order valence-corrected chi connectivity index (χ0v) is 11.9. The summed E-state index contributed by atoms with van der Waals surface area (Å²) in [7, 11) is -6.74. The summed E-state index contributed by atoms with van der Waals surface area (Å²) in [4.78, 5) is 0.444. The normalized spacial score (nSPS) is 21.9. The second-order valence-corrected chi connectivity index (χ2v) is 8.88. The zero-order chi connectivity index (χ0) is 13.7. The SMILES string of the molecule is O=S1(=O)CCCc2cc(S(=O)(=O)NC3CC3)ccc21. The van der Waals surface area contributed by atoms with E-state index < -0.39 is 19.9 Å². The van der Waals surface area contributed by atoms with Gasteiger partial charge in [0.05, 0.1) is 15.5 Å². The Bertz CT molecular complexity index is 718. The Kier molecular flexibility index (Phi) is 2.95. The fourth-order valence-electron chi connectivity index (χ4n) is 2.27. The quantitative estimate of drug-likeness (QED) is 0.897. The molecule has 0 radical (unpaired) electrons. The third kappa shape index (κ3) is 2.54. The van der Waals surface area contributed by atoms with E-state index in [4.69, 9.17) is 0 Å². The average Bonchev–Trinajstić information content (AvgIpc) is 3.11. The van der Waals surface area contributed by atoms with Crippen molar-refractivity contribution < 1.29 is 16.8 Å². The van der Waals surface area contributed by atoms with Crippen LogP contribution < -0.4 is 4.72 Å². The van der Waals surface area contributed by atoms with E-state index in [0.29, 0.717) is 18.4 Å². The summed E-state index contributed by atoms with van der Waals surface area (Å²) in [6, 6.07) is 4.35. The number of aryl methyl sites for hydroxylation is 1. The topological polar surface area (TPSA) is 80.3 Å². The maximum Gasteiger partial charge on any atom is 0.240 e. The average molecular weight is 301 g/mol. The lowest BCUT2D eigenvalue weighted by Crippen LogP contribution is -2.26. The third-order valence-corrected chi connectivity index (χ3v) is 6.85. The Labute approximate surface area is 113 Å². The van der Waals surface area contributed by atoms with E-state index in [1.807, 2.05) is 0 Å². The molecule has 1 aromatic carbocycles. The van der Waals surface area contributed by atoms with Crippen LogP contribution in [0.25, 0.3) is 0 Å². The highest BCUT2D eigenvalue weighted by molar-refractivity contribution is 7.91. The maximum atomic E-state index is 12.1. The summed E-state index contributed by atoms with van der Waals surface area (Å²) in [5, 5.41) is 0. The largest absolute Gasteiger partial charge is 0.240 e. The molecule has 3 rings (SSSR count). The molecule has 5 nitrogen and oxygen atoms in total. The minimum Gasteiger partial charge on any atom is -0.224 e. The minimum atomic E-state index is -3.51. The van der Waals surface area contributed by atoms with Gasteiger partial charge < -0.3 is 0 Å². The van der Waals surface area contributed by atoms with Crippen molar-refractivity contribution in [1.29, 1.82) is 0 Å². The second-order valence-electron chi connectivity index (χ2n) is 5.09. The molecule has 0 aromatic heterocycles. The number of hydrogen-bond donors (Lipinski definition) is 1. The van der Waals surface area contributed by atoms with Crippen molar-refractivity contribution in [2.75, 3.05) is 5.75 Å². The predicted octanol–water partition coefficient (Wildman–Crippen LogP) is 0.847. The van der Waals surface area contributed by atoms with Crippen LogP contribution in [0.15, 0.2) is 28.0 Å². The van der Waals surface area contributed by atoms with Gasteiger partial charge in [0, 0.05) is 6.04 Å². The lowest BCUT2D eigenvalue weighted by Gasteiger charge is -2.17. The maximum absolute atomic E-state index is 12.1. The first kappa shape index (κ1) is 13.1. The first-order chi connectivity index (χ1) is 8.88. The molecule has 0 saturated heterocycles. The van der Waals surface area contributed by atoms with Crippen LogP contribution in [0.5, 0.6) is 0 Å². The number of rotatable bonds is 3. The van der Waals surface area contributed by atoms with Crippen LogP contribution in [-0.4, -0.2) is 28.6 Å². The highest BCUT2D eigenvalue weighted by Crippen LogP contribution is 2.28. The van der Waals surface area contributed by atoms with Crippen molar-refractivity contribution in [1.82, 2.24) is 4.72 Å². The highest BCUT2D eigenvalue weighted by Gasteiger charge is 2.30. The zero-order valence-electron chi connectivity index (χ0n) is 10.3. The Morgan fingerprint density at radius 2 is 1.95 bits per heavy atom. The van der Waals surface area contributed by atoms with Gasteiger partial charge in [0.25, 0.3) is 0 Å². The van der Waals surface area contributed by atoms with Crippen LogP contribution in [-0.2, 0) is 26.3 Å². The molecule has 7 heteroatoms. The smallest absolute Gasteiger partial charge is 0.224 e. The molecule has 1 aliphatic carbocycles. The molecule has 0 amide bonds. The van der Waals surface area contributed by atoms with Crippen LogP contribution in [0, 0.1) is 0 Å². The molecule has 1 N–H and O–H groups in total. The molecule has 0 unspecified atom stereocenters. The molecule has 2 aliphatic rings. The van der Waals surface area contributed by atoms with E-state index in [0.717, 1.165) is 12.8 Å². The van der Waals surface area contributed by atoms with Crippen LogP contribution in [0.1, 0.15) is 24.8 Å². The summed E-state index contributed by atoms with van der Waals surface area (Å²) < 4.78 is 50.4. The Hall–Kier alpha value is -0.920. The number of fused-ring (bicyclic) bond motifs is 1. The number of benzene rings is 1. The van der Waals surface area contributed by atoms with Crippen molar-refractivity contribution in [2.45, 2.75) is 41.5 Å². The lowest BCUT2D eigenvalue weighted by atomic mass is 10.1. The van der Waals surface area contributed by atoms with Crippen molar-refractivity contribution in [2.24, 2.45) is 0 Å². The first-order valence-electron chi connectivity index (χ1n) is 6.26. The fraction of sp³-hybridized carbons (Fsp3) is 0.500. The number of sulfonamides is 1. The van der Waals surface area contributed by atoms with Gasteiger partial charge in [0.2, 0.25) is 10.0 Å². The number of nitrogens with one attached hydrogen (secondary N) is 1. The van der Waals surface area contributed by atoms with Crippen LogP contribution in [0.2, 0.25) is 0 Å². The standard InChI is InChI=1S/C12H15NO4S2/c14-18(15)7-1-2-9-8-11(5-6-12(9)18)19(16,17)13-10-3-4-10/h5-6,8,10,13H,1-4,7H2. The van der Waals surface area contributed by atoms with Crippen LogP contribution >= 0.6 is 0 Å². The second kappa shape index (κ2) is 4.29. The summed E-state index contributed by atoms with van der Waals surface area (Å²) in [6.07, 6.45) is 2.91. The van der Waals surface area contributed by atoms with Gasteiger partial charge in [-0.25, -0.2) is 21.6 Å². The highest BCUT2D eigenvalue weighted by atomic mass is 32.2. The van der Waals surface area contributed by atoms with Crippen molar-refractivity contribution in [3.05, 3.63) is 23.8 Å². The molecule has 0 spiro atoms. The molecule has 1 saturated carbocycles. The van der Waals surface area contributed by atoms with Gasteiger partial charge in [-0.15, -0.1) is 0 Å². The van der Waals surface area contributed by atoms with Crippen molar-refractivity contribution >= 4 is 19.9 Å². The van der Waals surface area contributed by atoms with E-state index in [1.54, 1.807) is 0 Å². The molecule has 0 atom stereocenters. The van der Waals surface area contributed by atoms with Gasteiger partial charge in [-0.3, -0.25) is 0 Å². The molecule has 0 bridgehead atoms. The molecule has 1 heterocycles. The number of hydrogen-bond acceptors (Lipinski definition) is 4. The molecule has 1 aliphatic heterocycles. The van der Waals surface area contributed by atoms with Crippen molar-refractivity contribution in [3.63, 3.8) is 0 Å². The van der Waals surface area contributed by atoms with Crippen molar-refractivity contribution in [3.8, 4) is 0 Å². The van der Waals surface area contributed by atoms with E-state index in [2.05, 4.69) is 4.72 Å². The third-order valence-electron chi connectivity index (χ3n) is 3.44. The van der Waals surface area contributed by atoms with Gasteiger partial charge in [-0.05, 0) is 49.4 Å². The summed E-state index contributed by atoms with van der Waals surface area (Å²) >= 11 is 0. The van der Waals surface area contributed by atoms with Gasteiger partial charge in [-0.2, -0.15) is 0 Å². The van der Waals surface area contributed by atoms with Crippen LogP contribution in [0.4, 0.5) is 0 Å². The van der Waals surface area contributed by atoms with Gasteiger partial charge in [-0.1, -0.05) is 0 Å². The number of sulfone groups is 1. The predicted molar refractivity (Wildman–Crippen MR) is 70.2 cm³/mol. The molecular formula is C12H15NO4S2. The van der Waals surface area contributed by atoms with E-state index in [9.17, 15) is 16.8 Å². The molecule has 19 heavy (non-hydrogen) atoms. The van der Waals surface area contributed by atoms with Gasteiger partial charge >= 0.3 is 0 Å². The first-order valence-corrected chi connectivity index (χ1v) is 9.40. The Morgan fingerprint density at radius 1 is 1.21 bits per heavy atom. The molecule has 104 valence electrons. The van der Waals surface area contributed by atoms with Gasteiger partial charge in [0.1, 0.15) is 0 Å². The Balaban J connectivity index is 2.02. The monoisotopic (exact) mass is 301 g/mol. The van der Waals surface area contributed by atoms with E-state index in [1.165, 1.54) is 18.2 Å². The lowest BCUT2D eigenvalue weighted by molar-refractivity contribution is 0.577. The summed E-state index contributed by atoms with van der Waals surface area (Å²) in [6.45, 7) is 0.